The smallest absolute Gasteiger partial charge is 0.0475 e. The molecule has 3 atom stereocenters. The van der Waals surface area contributed by atoms with Crippen LogP contribution in [0.1, 0.15) is 58.7 Å². The van der Waals surface area contributed by atoms with E-state index >= 15 is 0 Å². The minimum absolute atomic E-state index is 0.382. The maximum atomic E-state index is 3.67. The Morgan fingerprint density at radius 3 is 1.95 bits per heavy atom. The van der Waals surface area contributed by atoms with Crippen molar-refractivity contribution in [3.63, 3.8) is 0 Å². The van der Waals surface area contributed by atoms with Gasteiger partial charge in [0.1, 0.15) is 0 Å². The Labute approximate surface area is 131 Å². The van der Waals surface area contributed by atoms with E-state index in [1.165, 1.54) is 11.1 Å². The zero-order chi connectivity index (χ0) is 16.0. The SMILES string of the molecule is CCNC(c1ccc(CC)cc1)C(C)N(C)C(C)C(C)C. The summed E-state index contributed by atoms with van der Waals surface area (Å²) in [6.07, 6.45) is 1.10. The third-order valence-electron chi connectivity index (χ3n) is 4.90. The normalized spacial score (nSPS) is 16.2. The van der Waals surface area contributed by atoms with E-state index in [1.807, 2.05) is 0 Å². The van der Waals surface area contributed by atoms with Crippen LogP contribution in [0.4, 0.5) is 0 Å². The van der Waals surface area contributed by atoms with Gasteiger partial charge in [0.25, 0.3) is 0 Å². The molecule has 0 bridgehead atoms. The zero-order valence-corrected chi connectivity index (χ0v) is 15.0. The van der Waals surface area contributed by atoms with Gasteiger partial charge in [-0.05, 0) is 50.9 Å². The van der Waals surface area contributed by atoms with Crippen molar-refractivity contribution < 1.29 is 0 Å². The van der Waals surface area contributed by atoms with Gasteiger partial charge in [0.15, 0.2) is 0 Å². The highest BCUT2D eigenvalue weighted by Gasteiger charge is 2.26. The molecule has 0 amide bonds. The fourth-order valence-corrected chi connectivity index (χ4v) is 2.82. The molecule has 1 aromatic carbocycles. The molecular weight excluding hydrogens is 256 g/mol. The Balaban J connectivity index is 2.93. The lowest BCUT2D eigenvalue weighted by atomic mass is 9.95. The molecule has 21 heavy (non-hydrogen) atoms. The van der Waals surface area contributed by atoms with Crippen LogP contribution < -0.4 is 5.32 Å². The summed E-state index contributed by atoms with van der Waals surface area (Å²) in [7, 11) is 2.25. The minimum atomic E-state index is 0.382. The maximum Gasteiger partial charge on any atom is 0.0475 e. The van der Waals surface area contributed by atoms with Gasteiger partial charge >= 0.3 is 0 Å². The van der Waals surface area contributed by atoms with Crippen LogP contribution in [0.2, 0.25) is 0 Å². The number of nitrogens with zero attached hydrogens (tertiary/aromatic N) is 1. The Kier molecular flexibility index (Phi) is 7.41. The van der Waals surface area contributed by atoms with Crippen molar-refractivity contribution in [3.8, 4) is 0 Å². The zero-order valence-electron chi connectivity index (χ0n) is 15.0. The van der Waals surface area contributed by atoms with E-state index < -0.39 is 0 Å². The topological polar surface area (TPSA) is 15.3 Å². The van der Waals surface area contributed by atoms with Gasteiger partial charge in [-0.3, -0.25) is 4.90 Å². The molecule has 0 saturated heterocycles. The number of likely N-dealkylation sites (N-methyl/N-ethyl adjacent to an activating group) is 2. The minimum Gasteiger partial charge on any atom is -0.309 e. The van der Waals surface area contributed by atoms with Crippen LogP contribution >= 0.6 is 0 Å². The number of rotatable bonds is 8. The molecule has 0 aliphatic heterocycles. The summed E-state index contributed by atoms with van der Waals surface area (Å²) in [6, 6.07) is 10.5. The summed E-state index contributed by atoms with van der Waals surface area (Å²) in [5.74, 6) is 0.669. The molecule has 2 nitrogen and oxygen atoms in total. The summed E-state index contributed by atoms with van der Waals surface area (Å²) in [4.78, 5) is 2.51. The van der Waals surface area contributed by atoms with Crippen molar-refractivity contribution in [1.29, 1.82) is 0 Å². The highest BCUT2D eigenvalue weighted by atomic mass is 15.2. The average Bonchev–Trinajstić information content (AvgIpc) is 2.50. The Morgan fingerprint density at radius 1 is 0.952 bits per heavy atom. The number of hydrogen-bond acceptors (Lipinski definition) is 2. The molecule has 0 aliphatic rings. The van der Waals surface area contributed by atoms with Crippen LogP contribution in [0.15, 0.2) is 24.3 Å². The molecule has 2 heteroatoms. The first-order valence-electron chi connectivity index (χ1n) is 8.46. The molecule has 0 fully saturated rings. The predicted octanol–water partition coefficient (Wildman–Crippen LogP) is 4.26. The van der Waals surface area contributed by atoms with E-state index in [1.54, 1.807) is 0 Å². The van der Waals surface area contributed by atoms with E-state index in [9.17, 15) is 0 Å². The van der Waals surface area contributed by atoms with E-state index in [-0.39, 0.29) is 0 Å². The molecule has 3 unspecified atom stereocenters. The molecule has 0 aliphatic carbocycles. The Bertz CT molecular complexity index is 397. The van der Waals surface area contributed by atoms with Crippen LogP contribution in [0.5, 0.6) is 0 Å². The fraction of sp³-hybridized carbons (Fsp3) is 0.684. The first-order chi connectivity index (χ1) is 9.92. The molecule has 1 aromatic rings. The second-order valence-electron chi connectivity index (χ2n) is 6.52. The summed E-state index contributed by atoms with van der Waals surface area (Å²) in [5, 5.41) is 3.67. The van der Waals surface area contributed by atoms with Crippen molar-refractivity contribution in [2.75, 3.05) is 13.6 Å². The summed E-state index contributed by atoms with van der Waals surface area (Å²) >= 11 is 0. The van der Waals surface area contributed by atoms with Gasteiger partial charge in [0, 0.05) is 18.1 Å². The van der Waals surface area contributed by atoms with E-state index in [0.717, 1.165) is 13.0 Å². The molecule has 120 valence electrons. The summed E-state index contributed by atoms with van der Waals surface area (Å²) < 4.78 is 0. The molecule has 1 N–H and O–H groups in total. The highest BCUT2D eigenvalue weighted by Crippen LogP contribution is 2.24. The molecule has 0 aromatic heterocycles. The van der Waals surface area contributed by atoms with Crippen LogP contribution in [0.25, 0.3) is 0 Å². The van der Waals surface area contributed by atoms with Crippen LogP contribution in [0, 0.1) is 5.92 Å². The second kappa shape index (κ2) is 8.55. The predicted molar refractivity (Wildman–Crippen MR) is 93.8 cm³/mol. The first-order valence-corrected chi connectivity index (χ1v) is 8.46. The Morgan fingerprint density at radius 2 is 1.52 bits per heavy atom. The van der Waals surface area contributed by atoms with Crippen LogP contribution in [-0.4, -0.2) is 30.6 Å². The van der Waals surface area contributed by atoms with Crippen molar-refractivity contribution in [3.05, 3.63) is 35.4 Å². The monoisotopic (exact) mass is 290 g/mol. The Hall–Kier alpha value is -0.860. The lowest BCUT2D eigenvalue weighted by Crippen LogP contribution is -2.46. The average molecular weight is 290 g/mol. The molecular formula is C19H34N2. The van der Waals surface area contributed by atoms with Crippen molar-refractivity contribution in [1.82, 2.24) is 10.2 Å². The summed E-state index contributed by atoms with van der Waals surface area (Å²) in [5.41, 5.74) is 2.80. The van der Waals surface area contributed by atoms with Gasteiger partial charge in [0.05, 0.1) is 0 Å². The van der Waals surface area contributed by atoms with Gasteiger partial charge in [-0.1, -0.05) is 52.0 Å². The maximum absolute atomic E-state index is 3.67. The van der Waals surface area contributed by atoms with Crippen LogP contribution in [0.3, 0.4) is 0 Å². The van der Waals surface area contributed by atoms with Crippen LogP contribution in [-0.2, 0) is 6.42 Å². The van der Waals surface area contributed by atoms with E-state index in [4.69, 9.17) is 0 Å². The highest BCUT2D eigenvalue weighted by molar-refractivity contribution is 5.26. The third kappa shape index (κ3) is 4.82. The quantitative estimate of drug-likeness (QED) is 0.769. The van der Waals surface area contributed by atoms with Crippen molar-refractivity contribution in [2.24, 2.45) is 5.92 Å². The van der Waals surface area contributed by atoms with E-state index in [0.29, 0.717) is 24.0 Å². The number of hydrogen-bond donors (Lipinski definition) is 1. The second-order valence-corrected chi connectivity index (χ2v) is 6.52. The lowest BCUT2D eigenvalue weighted by molar-refractivity contribution is 0.129. The van der Waals surface area contributed by atoms with E-state index in [2.05, 4.69) is 83.1 Å². The lowest BCUT2D eigenvalue weighted by Gasteiger charge is -2.38. The number of aryl methyl sites for hydroxylation is 1. The standard InChI is InChI=1S/C19H34N2/c1-8-17-10-12-18(13-11-17)19(20-9-2)16(6)21(7)15(5)14(3)4/h10-16,19-20H,8-9H2,1-7H3. The molecule has 0 saturated carbocycles. The molecule has 0 radical (unpaired) electrons. The van der Waals surface area contributed by atoms with Gasteiger partial charge < -0.3 is 5.32 Å². The summed E-state index contributed by atoms with van der Waals surface area (Å²) in [6.45, 7) is 14.6. The molecule has 1 rings (SSSR count). The van der Waals surface area contributed by atoms with Crippen molar-refractivity contribution >= 4 is 0 Å². The first kappa shape index (κ1) is 18.2. The van der Waals surface area contributed by atoms with Gasteiger partial charge in [0.2, 0.25) is 0 Å². The third-order valence-corrected chi connectivity index (χ3v) is 4.90. The number of nitrogens with one attached hydrogen (secondary N) is 1. The van der Waals surface area contributed by atoms with Gasteiger partial charge in [-0.15, -0.1) is 0 Å². The largest absolute Gasteiger partial charge is 0.309 e. The van der Waals surface area contributed by atoms with Gasteiger partial charge in [-0.25, -0.2) is 0 Å². The molecule has 0 spiro atoms. The fourth-order valence-electron chi connectivity index (χ4n) is 2.82. The number of benzene rings is 1. The molecule has 0 heterocycles. The van der Waals surface area contributed by atoms with Crippen molar-refractivity contribution in [2.45, 2.75) is 66.1 Å². The van der Waals surface area contributed by atoms with Gasteiger partial charge in [-0.2, -0.15) is 0 Å².